The smallest absolute Gasteiger partial charge is 0.407 e. The van der Waals surface area contributed by atoms with E-state index < -0.39 is 30.8 Å². The molecule has 0 aromatic carbocycles. The molecule has 7 nitrogen and oxygen atoms in total. The fraction of sp³-hybridized carbons (Fsp3) is 0.222. The normalized spacial score (nSPS) is 18.9. The van der Waals surface area contributed by atoms with Crippen molar-refractivity contribution in [3.63, 3.8) is 0 Å². The third kappa shape index (κ3) is 2.02. The Morgan fingerprint density at radius 1 is 1.25 bits per heavy atom. The lowest BCUT2D eigenvalue weighted by molar-refractivity contribution is -0.220. The molecule has 2 amide bonds. The van der Waals surface area contributed by atoms with Gasteiger partial charge in [-0.15, -0.1) is 0 Å². The monoisotopic (exact) mass is 225 g/mol. The first-order valence-electron chi connectivity index (χ1n) is 4.36. The Bertz CT molecular complexity index is 373. The second-order valence-corrected chi connectivity index (χ2v) is 2.92. The highest BCUT2D eigenvalue weighted by atomic mass is 16.9. The molecule has 0 radical (unpaired) electrons. The van der Waals surface area contributed by atoms with Crippen LogP contribution in [0.4, 0.5) is 0 Å². The van der Waals surface area contributed by atoms with E-state index in [1.165, 1.54) is 12.5 Å². The summed E-state index contributed by atoms with van der Waals surface area (Å²) in [6.45, 7) is -1.61. The molecule has 0 saturated heterocycles. The van der Waals surface area contributed by atoms with Gasteiger partial charge in [0, 0.05) is 12.2 Å². The van der Waals surface area contributed by atoms with Gasteiger partial charge in [-0.05, 0) is 0 Å². The van der Waals surface area contributed by atoms with Gasteiger partial charge in [-0.2, -0.15) is 0 Å². The minimum atomic E-state index is -1.15. The Kier molecular flexibility index (Phi) is 2.59. The lowest BCUT2D eigenvalue weighted by atomic mass is 10.5. The quantitative estimate of drug-likeness (QED) is 0.464. The molecule has 0 saturated carbocycles. The first kappa shape index (κ1) is 10.2. The fourth-order valence-electron chi connectivity index (χ4n) is 1.14. The van der Waals surface area contributed by atoms with Gasteiger partial charge in [0.05, 0.1) is 0 Å². The second kappa shape index (κ2) is 4.05. The van der Waals surface area contributed by atoms with Crippen molar-refractivity contribution in [3.05, 3.63) is 24.7 Å². The minimum absolute atomic E-state index is 0.464. The number of hydrogen-bond donors (Lipinski definition) is 0. The number of carbonyl (C=O) groups is 3. The summed E-state index contributed by atoms with van der Waals surface area (Å²) < 4.78 is 14.0. The molecule has 0 spiro atoms. The van der Waals surface area contributed by atoms with Crippen molar-refractivity contribution in [1.29, 1.82) is 0 Å². The number of ether oxygens (including phenoxy) is 3. The van der Waals surface area contributed by atoms with E-state index in [-0.39, 0.29) is 0 Å². The molecular weight excluding hydrogens is 218 g/mol. The van der Waals surface area contributed by atoms with E-state index in [2.05, 4.69) is 4.74 Å². The maximum absolute atomic E-state index is 11.3. The van der Waals surface area contributed by atoms with Crippen molar-refractivity contribution in [3.8, 4) is 0 Å². The molecule has 16 heavy (non-hydrogen) atoms. The summed E-state index contributed by atoms with van der Waals surface area (Å²) in [5.74, 6) is -1.89. The number of carbonyl (C=O) groups excluding carboxylic acids is 3. The standard InChI is InChI=1S/C9H7NO6/c11-6-1-2-7(12)10(6)5-8(13)16-9-14-3-4-15-9/h1-4,9H,5H2. The average molecular weight is 225 g/mol. The number of imide groups is 1. The predicted octanol–water partition coefficient (Wildman–Crippen LogP) is -0.744. The van der Waals surface area contributed by atoms with Crippen LogP contribution in [0.25, 0.3) is 0 Å². The van der Waals surface area contributed by atoms with E-state index in [1.54, 1.807) is 0 Å². The molecule has 0 aromatic heterocycles. The van der Waals surface area contributed by atoms with Crippen molar-refractivity contribution in [1.82, 2.24) is 4.90 Å². The van der Waals surface area contributed by atoms with Gasteiger partial charge < -0.3 is 14.2 Å². The fourth-order valence-corrected chi connectivity index (χ4v) is 1.14. The zero-order valence-corrected chi connectivity index (χ0v) is 7.99. The topological polar surface area (TPSA) is 82.1 Å². The van der Waals surface area contributed by atoms with Crippen LogP contribution in [0.2, 0.25) is 0 Å². The minimum Gasteiger partial charge on any atom is -0.428 e. The van der Waals surface area contributed by atoms with E-state index in [0.717, 1.165) is 17.1 Å². The second-order valence-electron chi connectivity index (χ2n) is 2.92. The molecule has 2 aliphatic heterocycles. The molecule has 0 aromatic rings. The van der Waals surface area contributed by atoms with E-state index in [9.17, 15) is 14.4 Å². The van der Waals surface area contributed by atoms with Gasteiger partial charge in [-0.1, -0.05) is 0 Å². The zero-order chi connectivity index (χ0) is 11.5. The summed E-state index contributed by atoms with van der Waals surface area (Å²) in [5.41, 5.74) is 0. The largest absolute Gasteiger partial charge is 0.428 e. The summed E-state index contributed by atoms with van der Waals surface area (Å²) in [7, 11) is 0. The number of esters is 1. The van der Waals surface area contributed by atoms with E-state index >= 15 is 0 Å². The highest BCUT2D eigenvalue weighted by molar-refractivity contribution is 6.14. The first-order chi connectivity index (χ1) is 7.66. The van der Waals surface area contributed by atoms with E-state index in [1.807, 2.05) is 0 Å². The van der Waals surface area contributed by atoms with Crippen molar-refractivity contribution < 1.29 is 28.6 Å². The van der Waals surface area contributed by atoms with Crippen molar-refractivity contribution >= 4 is 17.8 Å². The van der Waals surface area contributed by atoms with Crippen LogP contribution in [0.5, 0.6) is 0 Å². The maximum atomic E-state index is 11.3. The Morgan fingerprint density at radius 3 is 2.38 bits per heavy atom. The van der Waals surface area contributed by atoms with Crippen LogP contribution in [0.1, 0.15) is 0 Å². The Labute approximate surface area is 89.9 Å². The van der Waals surface area contributed by atoms with Crippen molar-refractivity contribution in [2.24, 2.45) is 0 Å². The number of rotatable bonds is 3. The third-order valence-electron chi connectivity index (χ3n) is 1.85. The molecule has 7 heteroatoms. The molecule has 0 aliphatic carbocycles. The molecule has 0 unspecified atom stereocenters. The van der Waals surface area contributed by atoms with E-state index in [0.29, 0.717) is 0 Å². The Morgan fingerprint density at radius 2 is 1.81 bits per heavy atom. The van der Waals surface area contributed by atoms with Gasteiger partial charge in [0.15, 0.2) is 0 Å². The van der Waals surface area contributed by atoms with Gasteiger partial charge >= 0.3 is 12.4 Å². The van der Waals surface area contributed by atoms with Crippen LogP contribution < -0.4 is 0 Å². The molecule has 84 valence electrons. The van der Waals surface area contributed by atoms with Gasteiger partial charge in [-0.3, -0.25) is 14.5 Å². The van der Waals surface area contributed by atoms with Crippen LogP contribution in [-0.2, 0) is 28.6 Å². The van der Waals surface area contributed by atoms with E-state index in [4.69, 9.17) is 9.47 Å². The molecule has 2 heterocycles. The molecule has 2 aliphatic rings. The van der Waals surface area contributed by atoms with Crippen molar-refractivity contribution in [2.75, 3.05) is 6.54 Å². The molecule has 0 bridgehead atoms. The van der Waals surface area contributed by atoms with Crippen LogP contribution >= 0.6 is 0 Å². The summed E-state index contributed by atoms with van der Waals surface area (Å²) in [6.07, 6.45) is 4.59. The lowest BCUT2D eigenvalue weighted by Crippen LogP contribution is -2.37. The van der Waals surface area contributed by atoms with Gasteiger partial charge in [0.25, 0.3) is 11.8 Å². The van der Waals surface area contributed by atoms with Crippen LogP contribution in [0, 0.1) is 0 Å². The Hall–Kier alpha value is -2.31. The highest BCUT2D eigenvalue weighted by Gasteiger charge is 2.28. The number of hydrogen-bond acceptors (Lipinski definition) is 6. The number of nitrogens with zero attached hydrogens (tertiary/aromatic N) is 1. The van der Waals surface area contributed by atoms with Gasteiger partial charge in [0.2, 0.25) is 0 Å². The molecule has 0 fully saturated rings. The van der Waals surface area contributed by atoms with Gasteiger partial charge in [0.1, 0.15) is 19.1 Å². The summed E-state index contributed by atoms with van der Waals surface area (Å²) in [5, 5.41) is 0. The molecule has 0 N–H and O–H groups in total. The van der Waals surface area contributed by atoms with Crippen molar-refractivity contribution in [2.45, 2.75) is 6.48 Å². The average Bonchev–Trinajstić information content (AvgIpc) is 2.83. The Balaban J connectivity index is 1.83. The van der Waals surface area contributed by atoms with Crippen LogP contribution in [-0.4, -0.2) is 35.7 Å². The third-order valence-corrected chi connectivity index (χ3v) is 1.85. The predicted molar refractivity (Wildman–Crippen MR) is 47.1 cm³/mol. The summed E-state index contributed by atoms with van der Waals surface area (Å²) in [4.78, 5) is 34.2. The molecular formula is C9H7NO6. The van der Waals surface area contributed by atoms with Gasteiger partial charge in [-0.25, -0.2) is 4.79 Å². The maximum Gasteiger partial charge on any atom is 0.407 e. The molecule has 2 rings (SSSR count). The summed E-state index contributed by atoms with van der Waals surface area (Å²) in [6, 6.07) is 0. The van der Waals surface area contributed by atoms with Crippen LogP contribution in [0.15, 0.2) is 24.7 Å². The lowest BCUT2D eigenvalue weighted by Gasteiger charge is -2.14. The SMILES string of the molecule is O=C(CN1C(=O)C=CC1=O)OC1OC=CO1. The first-order valence-corrected chi connectivity index (χ1v) is 4.36. The molecule has 0 atom stereocenters. The summed E-state index contributed by atoms with van der Waals surface area (Å²) >= 11 is 0. The zero-order valence-electron chi connectivity index (χ0n) is 7.99. The highest BCUT2D eigenvalue weighted by Crippen LogP contribution is 2.08. The number of amides is 2. The van der Waals surface area contributed by atoms with Crippen LogP contribution in [0.3, 0.4) is 0 Å².